The summed E-state index contributed by atoms with van der Waals surface area (Å²) in [4.78, 5) is 22.8. The summed E-state index contributed by atoms with van der Waals surface area (Å²) >= 11 is 0. The minimum atomic E-state index is -0.846. The summed E-state index contributed by atoms with van der Waals surface area (Å²) in [5, 5.41) is 11.2. The van der Waals surface area contributed by atoms with Crippen LogP contribution in [-0.4, -0.2) is 47.6 Å². The number of aliphatic carboxylic acids is 1. The number of hydrogen-bond acceptors (Lipinski definition) is 3. The van der Waals surface area contributed by atoms with Gasteiger partial charge >= 0.3 is 5.97 Å². The molecule has 0 unspecified atom stereocenters. The molecule has 2 N–H and O–H groups in total. The first-order valence-electron chi connectivity index (χ1n) is 4.63. The number of carboxylic acids is 1. The van der Waals surface area contributed by atoms with Gasteiger partial charge in [0.15, 0.2) is 0 Å². The molecule has 14 heavy (non-hydrogen) atoms. The molecule has 0 aliphatic heterocycles. The molecule has 0 bridgehead atoms. The zero-order valence-corrected chi connectivity index (χ0v) is 8.91. The second-order valence-electron chi connectivity index (χ2n) is 3.44. The fourth-order valence-corrected chi connectivity index (χ4v) is 1.07. The molecule has 0 aliphatic rings. The van der Waals surface area contributed by atoms with Crippen LogP contribution in [-0.2, 0) is 9.59 Å². The van der Waals surface area contributed by atoms with Gasteiger partial charge in [-0.25, -0.2) is 0 Å². The second-order valence-corrected chi connectivity index (χ2v) is 3.44. The van der Waals surface area contributed by atoms with E-state index in [1.807, 2.05) is 13.8 Å². The van der Waals surface area contributed by atoms with Crippen LogP contribution in [0.3, 0.4) is 0 Å². The molecule has 0 saturated heterocycles. The lowest BCUT2D eigenvalue weighted by Gasteiger charge is -2.24. The number of hydrogen-bond donors (Lipinski definition) is 2. The number of nitrogens with zero attached hydrogens (tertiary/aromatic N) is 1. The lowest BCUT2D eigenvalue weighted by Crippen LogP contribution is -2.40. The molecule has 82 valence electrons. The lowest BCUT2D eigenvalue weighted by atomic mass is 10.3. The molecule has 1 amide bonds. The van der Waals surface area contributed by atoms with Gasteiger partial charge in [-0.05, 0) is 13.8 Å². The first-order valence-corrected chi connectivity index (χ1v) is 4.63. The third-order valence-corrected chi connectivity index (χ3v) is 1.84. The Morgan fingerprint density at radius 3 is 2.36 bits per heavy atom. The Morgan fingerprint density at radius 1 is 1.43 bits per heavy atom. The van der Waals surface area contributed by atoms with Crippen molar-refractivity contribution in [2.24, 2.45) is 0 Å². The smallest absolute Gasteiger partial charge is 0.317 e. The summed E-state index contributed by atoms with van der Waals surface area (Å²) in [6.45, 7) is 6.35. The average Bonchev–Trinajstić information content (AvgIpc) is 2.00. The summed E-state index contributed by atoms with van der Waals surface area (Å²) in [5.41, 5.74) is 0. The van der Waals surface area contributed by atoms with Gasteiger partial charge < -0.3 is 10.4 Å². The van der Waals surface area contributed by atoms with Crippen LogP contribution in [0.25, 0.3) is 0 Å². The maximum Gasteiger partial charge on any atom is 0.317 e. The zero-order valence-electron chi connectivity index (χ0n) is 8.91. The predicted molar refractivity (Wildman–Crippen MR) is 53.0 cm³/mol. The van der Waals surface area contributed by atoms with Crippen LogP contribution < -0.4 is 5.32 Å². The van der Waals surface area contributed by atoms with E-state index in [0.29, 0.717) is 13.1 Å². The van der Waals surface area contributed by atoms with Crippen molar-refractivity contribution in [2.75, 3.05) is 19.6 Å². The minimum absolute atomic E-state index is 0.0112. The summed E-state index contributed by atoms with van der Waals surface area (Å²) in [7, 11) is 0. The van der Waals surface area contributed by atoms with Crippen LogP contribution in [0.4, 0.5) is 0 Å². The molecule has 0 rings (SSSR count). The van der Waals surface area contributed by atoms with Crippen molar-refractivity contribution < 1.29 is 14.7 Å². The third kappa shape index (κ3) is 6.42. The molecule has 0 atom stereocenters. The van der Waals surface area contributed by atoms with E-state index in [1.165, 1.54) is 6.92 Å². The molecule has 0 aromatic carbocycles. The third-order valence-electron chi connectivity index (χ3n) is 1.84. The normalized spacial score (nSPS) is 10.6. The van der Waals surface area contributed by atoms with Gasteiger partial charge in [0, 0.05) is 26.1 Å². The Morgan fingerprint density at radius 2 is 2.00 bits per heavy atom. The molecule has 0 aromatic heterocycles. The van der Waals surface area contributed by atoms with Gasteiger partial charge in [-0.2, -0.15) is 0 Å². The van der Waals surface area contributed by atoms with Crippen molar-refractivity contribution in [3.63, 3.8) is 0 Å². The van der Waals surface area contributed by atoms with Crippen molar-refractivity contribution in [3.8, 4) is 0 Å². The van der Waals surface area contributed by atoms with E-state index < -0.39 is 5.97 Å². The van der Waals surface area contributed by atoms with Crippen molar-refractivity contribution in [2.45, 2.75) is 26.8 Å². The maximum atomic E-state index is 10.6. The predicted octanol–water partition coefficient (Wildman–Crippen LogP) is -0.0825. The molecule has 5 nitrogen and oxygen atoms in total. The van der Waals surface area contributed by atoms with Gasteiger partial charge in [0.25, 0.3) is 0 Å². The van der Waals surface area contributed by atoms with Gasteiger partial charge in [-0.15, -0.1) is 0 Å². The van der Waals surface area contributed by atoms with E-state index in [2.05, 4.69) is 5.32 Å². The van der Waals surface area contributed by atoms with E-state index >= 15 is 0 Å². The largest absolute Gasteiger partial charge is 0.480 e. The Balaban J connectivity index is 3.85. The first kappa shape index (κ1) is 12.9. The van der Waals surface area contributed by atoms with Gasteiger partial charge in [0.05, 0.1) is 6.54 Å². The van der Waals surface area contributed by atoms with E-state index in [9.17, 15) is 9.59 Å². The van der Waals surface area contributed by atoms with Crippen LogP contribution in [0.2, 0.25) is 0 Å². The standard InChI is InChI=1S/C9H18N2O3/c1-7(2)11(6-9(13)14)5-4-10-8(3)12/h7H,4-6H2,1-3H3,(H,10,12)(H,13,14). The minimum Gasteiger partial charge on any atom is -0.480 e. The molecule has 0 aromatic rings. The fraction of sp³-hybridized carbons (Fsp3) is 0.778. The van der Waals surface area contributed by atoms with Gasteiger partial charge in [-0.3, -0.25) is 14.5 Å². The monoisotopic (exact) mass is 202 g/mol. The van der Waals surface area contributed by atoms with E-state index in [0.717, 1.165) is 0 Å². The summed E-state index contributed by atoms with van der Waals surface area (Å²) in [6.07, 6.45) is 0. The molecule has 0 fully saturated rings. The summed E-state index contributed by atoms with van der Waals surface area (Å²) in [5.74, 6) is -0.939. The van der Waals surface area contributed by atoms with Gasteiger partial charge in [0.1, 0.15) is 0 Å². The molecule has 0 radical (unpaired) electrons. The average molecular weight is 202 g/mol. The van der Waals surface area contributed by atoms with Crippen LogP contribution in [0.1, 0.15) is 20.8 Å². The Kier molecular flexibility index (Phi) is 5.87. The van der Waals surface area contributed by atoms with Crippen LogP contribution in [0.15, 0.2) is 0 Å². The van der Waals surface area contributed by atoms with Gasteiger partial charge in [-0.1, -0.05) is 0 Å². The lowest BCUT2D eigenvalue weighted by molar-refractivity contribution is -0.138. The topological polar surface area (TPSA) is 69.6 Å². The number of carbonyl (C=O) groups is 2. The van der Waals surface area contributed by atoms with Crippen molar-refractivity contribution in [1.82, 2.24) is 10.2 Å². The first-order chi connectivity index (χ1) is 6.43. The number of carbonyl (C=O) groups excluding carboxylic acids is 1. The van der Waals surface area contributed by atoms with E-state index in [4.69, 9.17) is 5.11 Å². The SMILES string of the molecule is CC(=O)NCCN(CC(=O)O)C(C)C. The molecule has 0 heterocycles. The number of rotatable bonds is 6. The molecule has 0 spiro atoms. The van der Waals surface area contributed by atoms with Crippen molar-refractivity contribution >= 4 is 11.9 Å². The highest BCUT2D eigenvalue weighted by Crippen LogP contribution is 1.96. The molecule has 0 saturated carbocycles. The second kappa shape index (κ2) is 6.37. The van der Waals surface area contributed by atoms with Crippen LogP contribution >= 0.6 is 0 Å². The van der Waals surface area contributed by atoms with Gasteiger partial charge in [0.2, 0.25) is 5.91 Å². The number of nitrogens with one attached hydrogen (secondary N) is 1. The fourth-order valence-electron chi connectivity index (χ4n) is 1.07. The Hall–Kier alpha value is -1.10. The number of amides is 1. The number of carboxylic acid groups (broad SMARTS) is 1. The highest BCUT2D eigenvalue weighted by molar-refractivity contribution is 5.72. The van der Waals surface area contributed by atoms with Crippen LogP contribution in [0.5, 0.6) is 0 Å². The molecule has 0 aliphatic carbocycles. The van der Waals surface area contributed by atoms with Crippen LogP contribution in [0, 0.1) is 0 Å². The van der Waals surface area contributed by atoms with E-state index in [1.54, 1.807) is 4.90 Å². The highest BCUT2D eigenvalue weighted by atomic mass is 16.4. The quantitative estimate of drug-likeness (QED) is 0.632. The molecule has 5 heteroatoms. The van der Waals surface area contributed by atoms with E-state index in [-0.39, 0.29) is 18.5 Å². The summed E-state index contributed by atoms with van der Waals surface area (Å²) in [6, 6.07) is 0.167. The molecular weight excluding hydrogens is 184 g/mol. The molecular formula is C9H18N2O3. The highest BCUT2D eigenvalue weighted by Gasteiger charge is 2.12. The summed E-state index contributed by atoms with van der Waals surface area (Å²) < 4.78 is 0. The van der Waals surface area contributed by atoms with Crippen molar-refractivity contribution in [1.29, 1.82) is 0 Å². The Labute approximate surface area is 84.1 Å². The Bertz CT molecular complexity index is 204. The van der Waals surface area contributed by atoms with Crippen molar-refractivity contribution in [3.05, 3.63) is 0 Å². The maximum absolute atomic E-state index is 10.6. The zero-order chi connectivity index (χ0) is 11.1.